The van der Waals surface area contributed by atoms with E-state index in [1.54, 1.807) is 54.6 Å². The van der Waals surface area contributed by atoms with Crippen LogP contribution in [0.3, 0.4) is 0 Å². The van der Waals surface area contributed by atoms with E-state index in [1.807, 2.05) is 31.2 Å². The standard InChI is InChI=1S/C22H21NO4S/c1-17-8-6-7-9-18(17)16-22(24)27-20-14-12-19(13-15-20)23(2)28(25,26)21-10-4-3-5-11-21/h3-15H,16H2,1-2H3. The van der Waals surface area contributed by atoms with E-state index in [-0.39, 0.29) is 17.3 Å². The normalized spacial score (nSPS) is 11.1. The lowest BCUT2D eigenvalue weighted by molar-refractivity contribution is -0.133. The third kappa shape index (κ3) is 4.40. The zero-order chi connectivity index (χ0) is 20.1. The first-order chi connectivity index (χ1) is 13.4. The Balaban J connectivity index is 1.69. The minimum Gasteiger partial charge on any atom is -0.426 e. The van der Waals surface area contributed by atoms with Gasteiger partial charge in [0, 0.05) is 7.05 Å². The molecule has 0 aliphatic rings. The van der Waals surface area contributed by atoms with E-state index in [0.717, 1.165) is 11.1 Å². The number of carbonyl (C=O) groups excluding carboxylic acids is 1. The van der Waals surface area contributed by atoms with Gasteiger partial charge in [0.25, 0.3) is 10.0 Å². The van der Waals surface area contributed by atoms with Crippen LogP contribution in [-0.2, 0) is 21.2 Å². The minimum absolute atomic E-state index is 0.177. The monoisotopic (exact) mass is 395 g/mol. The third-order valence-corrected chi connectivity index (χ3v) is 6.23. The maximum atomic E-state index is 12.7. The maximum absolute atomic E-state index is 12.7. The summed E-state index contributed by atoms with van der Waals surface area (Å²) in [6, 6.07) is 22.2. The van der Waals surface area contributed by atoms with Crippen molar-refractivity contribution < 1.29 is 17.9 Å². The van der Waals surface area contributed by atoms with E-state index in [4.69, 9.17) is 4.74 Å². The quantitative estimate of drug-likeness (QED) is 0.468. The van der Waals surface area contributed by atoms with Gasteiger partial charge in [-0.3, -0.25) is 9.10 Å². The predicted molar refractivity (Wildman–Crippen MR) is 109 cm³/mol. The summed E-state index contributed by atoms with van der Waals surface area (Å²) in [5.74, 6) is 0.000143. The lowest BCUT2D eigenvalue weighted by Gasteiger charge is -2.19. The molecule has 0 saturated heterocycles. The van der Waals surface area contributed by atoms with Crippen LogP contribution in [-0.4, -0.2) is 21.4 Å². The molecule has 0 radical (unpaired) electrons. The second kappa shape index (κ2) is 8.27. The molecule has 0 bridgehead atoms. The summed E-state index contributed by atoms with van der Waals surface area (Å²) in [5.41, 5.74) is 2.42. The van der Waals surface area contributed by atoms with E-state index >= 15 is 0 Å². The van der Waals surface area contributed by atoms with E-state index in [0.29, 0.717) is 11.4 Å². The summed E-state index contributed by atoms with van der Waals surface area (Å²) in [4.78, 5) is 12.4. The number of esters is 1. The van der Waals surface area contributed by atoms with Gasteiger partial charge in [-0.15, -0.1) is 0 Å². The third-order valence-electron chi connectivity index (χ3n) is 4.43. The summed E-state index contributed by atoms with van der Waals surface area (Å²) in [6.45, 7) is 1.94. The fraction of sp³-hybridized carbons (Fsp3) is 0.136. The molecule has 0 aromatic heterocycles. The van der Waals surface area contributed by atoms with Gasteiger partial charge in [-0.25, -0.2) is 8.42 Å². The van der Waals surface area contributed by atoms with Crippen molar-refractivity contribution in [2.24, 2.45) is 0 Å². The van der Waals surface area contributed by atoms with Gasteiger partial charge < -0.3 is 4.74 Å². The summed E-state index contributed by atoms with van der Waals surface area (Å²) < 4.78 is 31.9. The maximum Gasteiger partial charge on any atom is 0.315 e. The van der Waals surface area contributed by atoms with Crippen molar-refractivity contribution in [2.45, 2.75) is 18.2 Å². The molecule has 144 valence electrons. The molecular formula is C22H21NO4S. The molecule has 0 unspecified atom stereocenters. The second-order valence-electron chi connectivity index (χ2n) is 6.36. The molecule has 5 nitrogen and oxygen atoms in total. The molecule has 0 aliphatic heterocycles. The minimum atomic E-state index is -3.65. The summed E-state index contributed by atoms with van der Waals surface area (Å²) in [5, 5.41) is 0. The number of sulfonamides is 1. The van der Waals surface area contributed by atoms with Crippen LogP contribution in [0.5, 0.6) is 5.75 Å². The summed E-state index contributed by atoms with van der Waals surface area (Å²) in [6.07, 6.45) is 0.177. The van der Waals surface area contributed by atoms with Gasteiger partial charge in [0.15, 0.2) is 0 Å². The lowest BCUT2D eigenvalue weighted by atomic mass is 10.1. The van der Waals surface area contributed by atoms with Gasteiger partial charge in [0.1, 0.15) is 5.75 Å². The van der Waals surface area contributed by atoms with Crippen LogP contribution >= 0.6 is 0 Å². The van der Waals surface area contributed by atoms with Crippen LogP contribution in [0.4, 0.5) is 5.69 Å². The number of nitrogens with zero attached hydrogens (tertiary/aromatic N) is 1. The van der Waals surface area contributed by atoms with E-state index < -0.39 is 10.0 Å². The van der Waals surface area contributed by atoms with Crippen LogP contribution in [0.2, 0.25) is 0 Å². The Labute approximate surface area is 165 Å². The molecular weight excluding hydrogens is 374 g/mol. The van der Waals surface area contributed by atoms with E-state index in [2.05, 4.69) is 0 Å². The first-order valence-electron chi connectivity index (χ1n) is 8.77. The molecule has 0 saturated carbocycles. The number of carbonyl (C=O) groups is 1. The lowest BCUT2D eigenvalue weighted by Crippen LogP contribution is -2.26. The molecule has 0 fully saturated rings. The van der Waals surface area contributed by atoms with Gasteiger partial charge in [-0.05, 0) is 54.4 Å². The smallest absolute Gasteiger partial charge is 0.315 e. The van der Waals surface area contributed by atoms with Gasteiger partial charge in [0.2, 0.25) is 0 Å². The SMILES string of the molecule is Cc1ccccc1CC(=O)Oc1ccc(N(C)S(=O)(=O)c2ccccc2)cc1. The number of ether oxygens (including phenoxy) is 1. The average molecular weight is 395 g/mol. The first kappa shape index (κ1) is 19.6. The van der Waals surface area contributed by atoms with Gasteiger partial charge in [-0.2, -0.15) is 0 Å². The predicted octanol–water partition coefficient (Wildman–Crippen LogP) is 3.97. The molecule has 0 N–H and O–H groups in total. The molecule has 3 aromatic rings. The Morgan fingerprint density at radius 2 is 1.50 bits per heavy atom. The molecule has 0 aliphatic carbocycles. The van der Waals surface area contributed by atoms with Gasteiger partial charge >= 0.3 is 5.97 Å². The highest BCUT2D eigenvalue weighted by Crippen LogP contribution is 2.24. The number of aryl methyl sites for hydroxylation is 1. The van der Waals surface area contributed by atoms with Crippen molar-refractivity contribution in [1.82, 2.24) is 0 Å². The number of hydrogen-bond donors (Lipinski definition) is 0. The fourth-order valence-corrected chi connectivity index (χ4v) is 3.96. The van der Waals surface area contributed by atoms with Crippen molar-refractivity contribution in [3.8, 4) is 5.75 Å². The average Bonchev–Trinajstić information content (AvgIpc) is 2.70. The van der Waals surface area contributed by atoms with Crippen LogP contribution < -0.4 is 9.04 Å². The fourth-order valence-electron chi connectivity index (χ4n) is 2.74. The number of rotatable bonds is 6. The van der Waals surface area contributed by atoms with Crippen LogP contribution in [0.1, 0.15) is 11.1 Å². The Morgan fingerprint density at radius 1 is 0.893 bits per heavy atom. The highest BCUT2D eigenvalue weighted by molar-refractivity contribution is 7.92. The Kier molecular flexibility index (Phi) is 5.80. The van der Waals surface area contributed by atoms with Crippen molar-refractivity contribution in [1.29, 1.82) is 0 Å². The second-order valence-corrected chi connectivity index (χ2v) is 8.33. The van der Waals surface area contributed by atoms with Crippen molar-refractivity contribution in [3.05, 3.63) is 90.0 Å². The van der Waals surface area contributed by atoms with Crippen molar-refractivity contribution in [2.75, 3.05) is 11.4 Å². The number of benzene rings is 3. The van der Waals surface area contributed by atoms with Gasteiger partial charge in [0.05, 0.1) is 17.0 Å². The van der Waals surface area contributed by atoms with E-state index in [1.165, 1.54) is 11.4 Å². The molecule has 3 aromatic carbocycles. The number of hydrogen-bond acceptors (Lipinski definition) is 4. The zero-order valence-corrected chi connectivity index (χ0v) is 16.5. The zero-order valence-electron chi connectivity index (χ0n) is 15.7. The highest BCUT2D eigenvalue weighted by Gasteiger charge is 2.21. The topological polar surface area (TPSA) is 63.7 Å². The first-order valence-corrected chi connectivity index (χ1v) is 10.2. The van der Waals surface area contributed by atoms with Crippen molar-refractivity contribution in [3.63, 3.8) is 0 Å². The molecule has 0 atom stereocenters. The van der Waals surface area contributed by atoms with Crippen molar-refractivity contribution >= 4 is 21.7 Å². The summed E-state index contributed by atoms with van der Waals surface area (Å²) in [7, 11) is -2.16. The number of anilines is 1. The van der Waals surface area contributed by atoms with E-state index in [9.17, 15) is 13.2 Å². The Hall–Kier alpha value is -3.12. The Morgan fingerprint density at radius 3 is 2.14 bits per heavy atom. The van der Waals surface area contributed by atoms with Crippen LogP contribution in [0.15, 0.2) is 83.8 Å². The van der Waals surface area contributed by atoms with Crippen LogP contribution in [0.25, 0.3) is 0 Å². The molecule has 28 heavy (non-hydrogen) atoms. The Bertz CT molecular complexity index is 1060. The largest absolute Gasteiger partial charge is 0.426 e. The molecule has 6 heteroatoms. The molecule has 3 rings (SSSR count). The molecule has 0 spiro atoms. The van der Waals surface area contributed by atoms with Gasteiger partial charge in [-0.1, -0.05) is 42.5 Å². The molecule has 0 heterocycles. The summed E-state index contributed by atoms with van der Waals surface area (Å²) >= 11 is 0. The highest BCUT2D eigenvalue weighted by atomic mass is 32.2. The molecule has 0 amide bonds. The van der Waals surface area contributed by atoms with Crippen LogP contribution in [0, 0.1) is 6.92 Å².